The van der Waals surface area contributed by atoms with Gasteiger partial charge in [-0.2, -0.15) is 0 Å². The second kappa shape index (κ2) is 9.58. The van der Waals surface area contributed by atoms with Crippen molar-refractivity contribution in [2.45, 2.75) is 20.0 Å². The van der Waals surface area contributed by atoms with Gasteiger partial charge in [-0.15, -0.1) is 0 Å². The van der Waals surface area contributed by atoms with Gasteiger partial charge in [-0.3, -0.25) is 0 Å². The molecule has 0 radical (unpaired) electrons. The molecule has 0 aliphatic rings. The van der Waals surface area contributed by atoms with E-state index in [9.17, 15) is 5.11 Å². The van der Waals surface area contributed by atoms with Crippen molar-refractivity contribution >= 4 is 5.69 Å². The first kappa shape index (κ1) is 16.8. The second-order valence-corrected chi connectivity index (χ2v) is 5.05. The van der Waals surface area contributed by atoms with Crippen molar-refractivity contribution < 1.29 is 19.3 Å². The molecule has 0 saturated heterocycles. The van der Waals surface area contributed by atoms with Gasteiger partial charge in [0.25, 0.3) is 0 Å². The molecule has 114 valence electrons. The Kier molecular flexibility index (Phi) is 8.02. The number of aliphatic hydroxyl groups is 1. The molecule has 0 aromatic heterocycles. The minimum Gasteiger partial charge on any atom is -0.489 e. The van der Waals surface area contributed by atoms with E-state index in [2.05, 4.69) is 13.8 Å². The fourth-order valence-electron chi connectivity index (χ4n) is 1.50. The third-order valence-electron chi connectivity index (χ3n) is 2.48. The van der Waals surface area contributed by atoms with Crippen molar-refractivity contribution in [2.75, 3.05) is 38.8 Å². The van der Waals surface area contributed by atoms with Gasteiger partial charge < -0.3 is 25.1 Å². The summed E-state index contributed by atoms with van der Waals surface area (Å²) in [7, 11) is 0. The van der Waals surface area contributed by atoms with Crippen LogP contribution in [0.25, 0.3) is 0 Å². The van der Waals surface area contributed by atoms with Gasteiger partial charge in [0.2, 0.25) is 0 Å². The van der Waals surface area contributed by atoms with Gasteiger partial charge in [0.1, 0.15) is 18.5 Å². The first-order chi connectivity index (χ1) is 9.59. The molecule has 0 amide bonds. The summed E-state index contributed by atoms with van der Waals surface area (Å²) in [5.41, 5.74) is 6.29. The summed E-state index contributed by atoms with van der Waals surface area (Å²) >= 11 is 0. The SMILES string of the molecule is CC(C)COCCOCC(O)COc1ccccc1N. The normalized spacial score (nSPS) is 12.6. The van der Waals surface area contributed by atoms with E-state index >= 15 is 0 Å². The Morgan fingerprint density at radius 1 is 1.05 bits per heavy atom. The molecule has 1 atom stereocenters. The molecule has 1 rings (SSSR count). The molecule has 0 bridgehead atoms. The molecular formula is C15H25NO4. The van der Waals surface area contributed by atoms with E-state index in [0.717, 1.165) is 6.61 Å². The summed E-state index contributed by atoms with van der Waals surface area (Å²) in [4.78, 5) is 0. The van der Waals surface area contributed by atoms with Crippen LogP contribution in [0.2, 0.25) is 0 Å². The molecule has 20 heavy (non-hydrogen) atoms. The third kappa shape index (κ3) is 7.33. The van der Waals surface area contributed by atoms with E-state index in [1.54, 1.807) is 12.1 Å². The Morgan fingerprint density at radius 2 is 1.70 bits per heavy atom. The van der Waals surface area contributed by atoms with E-state index in [4.69, 9.17) is 19.9 Å². The zero-order chi connectivity index (χ0) is 14.8. The van der Waals surface area contributed by atoms with Crippen LogP contribution in [0.4, 0.5) is 5.69 Å². The fourth-order valence-corrected chi connectivity index (χ4v) is 1.50. The summed E-state index contributed by atoms with van der Waals surface area (Å²) in [6.45, 7) is 6.30. The van der Waals surface area contributed by atoms with Crippen LogP contribution in [0, 0.1) is 5.92 Å². The molecule has 0 aliphatic heterocycles. The fraction of sp³-hybridized carbons (Fsp3) is 0.600. The van der Waals surface area contributed by atoms with Gasteiger partial charge in [-0.25, -0.2) is 0 Å². The highest BCUT2D eigenvalue weighted by molar-refractivity contribution is 5.51. The van der Waals surface area contributed by atoms with E-state index < -0.39 is 6.10 Å². The Labute approximate surface area is 120 Å². The lowest BCUT2D eigenvalue weighted by atomic mass is 10.2. The van der Waals surface area contributed by atoms with Crippen molar-refractivity contribution in [3.05, 3.63) is 24.3 Å². The summed E-state index contributed by atoms with van der Waals surface area (Å²) in [6.07, 6.45) is -0.681. The number of para-hydroxylation sites is 2. The first-order valence-corrected chi connectivity index (χ1v) is 6.90. The number of ether oxygens (including phenoxy) is 3. The topological polar surface area (TPSA) is 73.9 Å². The van der Waals surface area contributed by atoms with Crippen LogP contribution >= 0.6 is 0 Å². The van der Waals surface area contributed by atoms with Crippen LogP contribution in [0.15, 0.2) is 24.3 Å². The van der Waals surface area contributed by atoms with Crippen LogP contribution in [-0.2, 0) is 9.47 Å². The molecule has 0 aliphatic carbocycles. The molecule has 5 heteroatoms. The number of hydrogen-bond acceptors (Lipinski definition) is 5. The average Bonchev–Trinajstić information content (AvgIpc) is 2.41. The minimum atomic E-state index is -0.681. The lowest BCUT2D eigenvalue weighted by molar-refractivity contribution is -0.0138. The lowest BCUT2D eigenvalue weighted by Crippen LogP contribution is -2.24. The van der Waals surface area contributed by atoms with Crippen molar-refractivity contribution in [3.8, 4) is 5.75 Å². The standard InChI is InChI=1S/C15H25NO4/c1-12(2)9-18-7-8-19-10-13(17)11-20-15-6-4-3-5-14(15)16/h3-6,12-13,17H,7-11,16H2,1-2H3. The van der Waals surface area contributed by atoms with Gasteiger partial charge in [-0.1, -0.05) is 26.0 Å². The Hall–Kier alpha value is -1.30. The van der Waals surface area contributed by atoms with Crippen molar-refractivity contribution in [2.24, 2.45) is 5.92 Å². The van der Waals surface area contributed by atoms with Crippen molar-refractivity contribution in [1.82, 2.24) is 0 Å². The largest absolute Gasteiger partial charge is 0.489 e. The van der Waals surface area contributed by atoms with E-state index in [1.165, 1.54) is 0 Å². The van der Waals surface area contributed by atoms with E-state index in [0.29, 0.717) is 30.6 Å². The molecule has 1 aromatic carbocycles. The molecule has 0 fully saturated rings. The number of aliphatic hydroxyl groups excluding tert-OH is 1. The molecular weight excluding hydrogens is 258 g/mol. The average molecular weight is 283 g/mol. The first-order valence-electron chi connectivity index (χ1n) is 6.90. The Bertz CT molecular complexity index is 371. The van der Waals surface area contributed by atoms with Crippen molar-refractivity contribution in [1.29, 1.82) is 0 Å². The predicted octanol–water partition coefficient (Wildman–Crippen LogP) is 1.70. The molecule has 0 spiro atoms. The molecule has 0 heterocycles. The van der Waals surface area contributed by atoms with Crippen molar-refractivity contribution in [3.63, 3.8) is 0 Å². The maximum Gasteiger partial charge on any atom is 0.142 e. The number of rotatable bonds is 10. The van der Waals surface area contributed by atoms with Crippen LogP contribution in [0.3, 0.4) is 0 Å². The van der Waals surface area contributed by atoms with E-state index in [1.807, 2.05) is 12.1 Å². The summed E-state index contributed by atoms with van der Waals surface area (Å²) in [6, 6.07) is 7.19. The summed E-state index contributed by atoms with van der Waals surface area (Å²) in [5, 5.41) is 9.71. The molecule has 1 aromatic rings. The number of nitrogens with two attached hydrogens (primary N) is 1. The van der Waals surface area contributed by atoms with Crippen LogP contribution < -0.4 is 10.5 Å². The monoisotopic (exact) mass is 283 g/mol. The van der Waals surface area contributed by atoms with Gasteiger partial charge in [-0.05, 0) is 18.1 Å². The highest BCUT2D eigenvalue weighted by atomic mass is 16.5. The number of nitrogen functional groups attached to an aromatic ring is 1. The number of benzene rings is 1. The molecule has 3 N–H and O–H groups in total. The second-order valence-electron chi connectivity index (χ2n) is 5.05. The predicted molar refractivity (Wildman–Crippen MR) is 78.8 cm³/mol. The highest BCUT2D eigenvalue weighted by Gasteiger charge is 2.07. The zero-order valence-corrected chi connectivity index (χ0v) is 12.2. The Morgan fingerprint density at radius 3 is 2.35 bits per heavy atom. The van der Waals surface area contributed by atoms with Gasteiger partial charge >= 0.3 is 0 Å². The van der Waals surface area contributed by atoms with E-state index in [-0.39, 0.29) is 13.2 Å². The van der Waals surface area contributed by atoms with Crippen LogP contribution in [0.1, 0.15) is 13.8 Å². The highest BCUT2D eigenvalue weighted by Crippen LogP contribution is 2.19. The van der Waals surface area contributed by atoms with Gasteiger partial charge in [0.05, 0.1) is 25.5 Å². The number of hydrogen-bond donors (Lipinski definition) is 2. The minimum absolute atomic E-state index is 0.154. The number of anilines is 1. The lowest BCUT2D eigenvalue weighted by Gasteiger charge is -2.14. The molecule has 1 unspecified atom stereocenters. The molecule has 0 saturated carbocycles. The maximum absolute atomic E-state index is 9.71. The van der Waals surface area contributed by atoms with Gasteiger partial charge in [0, 0.05) is 6.61 Å². The van der Waals surface area contributed by atoms with Gasteiger partial charge in [0.15, 0.2) is 0 Å². The zero-order valence-electron chi connectivity index (χ0n) is 12.2. The molecule has 5 nitrogen and oxygen atoms in total. The third-order valence-corrected chi connectivity index (χ3v) is 2.48. The summed E-state index contributed by atoms with van der Waals surface area (Å²) < 4.78 is 16.1. The smallest absolute Gasteiger partial charge is 0.142 e. The van der Waals surface area contributed by atoms with Crippen LogP contribution in [0.5, 0.6) is 5.75 Å². The van der Waals surface area contributed by atoms with Crippen LogP contribution in [-0.4, -0.2) is 44.2 Å². The summed E-state index contributed by atoms with van der Waals surface area (Å²) in [5.74, 6) is 1.09. The Balaban J connectivity index is 2.06. The quantitative estimate of drug-likeness (QED) is 0.505. The maximum atomic E-state index is 9.71.